The molecule has 3 heterocycles. The van der Waals surface area contributed by atoms with Gasteiger partial charge in [-0.2, -0.15) is 0 Å². The van der Waals surface area contributed by atoms with E-state index in [2.05, 4.69) is 54.6 Å². The molecule has 0 bridgehead atoms. The minimum Gasteiger partial charge on any atom is -0.497 e. The Labute approximate surface area is 209 Å². The van der Waals surface area contributed by atoms with Gasteiger partial charge in [-0.3, -0.25) is 9.69 Å². The lowest BCUT2D eigenvalue weighted by molar-refractivity contribution is 0.197. The number of nitrogens with zero attached hydrogens (tertiary/aromatic N) is 6. The van der Waals surface area contributed by atoms with Crippen LogP contribution in [-0.2, 0) is 0 Å². The molecular formula is C27H31N7O2. The highest BCUT2D eigenvalue weighted by atomic mass is 16.5. The molecule has 1 saturated heterocycles. The Morgan fingerprint density at radius 2 is 1.78 bits per heavy atom. The number of rotatable bonds is 6. The van der Waals surface area contributed by atoms with Crippen LogP contribution in [0.3, 0.4) is 0 Å². The number of para-hydroxylation sites is 1. The molecule has 9 nitrogen and oxygen atoms in total. The molecule has 9 heteroatoms. The van der Waals surface area contributed by atoms with Crippen LogP contribution in [0.25, 0.3) is 10.9 Å². The number of nitrogens with one attached hydrogen (secondary N) is 1. The second-order valence-corrected chi connectivity index (χ2v) is 9.69. The average molecular weight is 486 g/mol. The number of aromatic amines is 1. The Bertz CT molecular complexity index is 1390. The first-order valence-corrected chi connectivity index (χ1v) is 12.7. The van der Waals surface area contributed by atoms with Crippen LogP contribution in [0.5, 0.6) is 5.75 Å². The van der Waals surface area contributed by atoms with Gasteiger partial charge in [0.15, 0.2) is 5.82 Å². The van der Waals surface area contributed by atoms with Crippen LogP contribution < -0.4 is 15.2 Å². The Kier molecular flexibility index (Phi) is 6.14. The summed E-state index contributed by atoms with van der Waals surface area (Å²) in [5.74, 6) is 1.47. The standard InChI is InChI=1S/C27H31N7O2/c1-36-22-12-11-19-17-23(27(35)28-24(19)18-22)25(26-29-30-31-34(26)21-9-5-6-10-21)33-15-13-32(14-16-33)20-7-3-2-4-8-20/h2-4,7-8,11-12,17-18,21,25H,5-6,9-10,13-16H2,1H3,(H,28,35)/t25-/m1/s1. The van der Waals surface area contributed by atoms with E-state index in [1.807, 2.05) is 35.0 Å². The second-order valence-electron chi connectivity index (χ2n) is 9.69. The van der Waals surface area contributed by atoms with Crippen molar-refractivity contribution < 1.29 is 4.74 Å². The fourth-order valence-corrected chi connectivity index (χ4v) is 5.69. The number of pyridine rings is 1. The highest BCUT2D eigenvalue weighted by molar-refractivity contribution is 5.80. The highest BCUT2D eigenvalue weighted by Crippen LogP contribution is 2.34. The van der Waals surface area contributed by atoms with Gasteiger partial charge in [0.2, 0.25) is 0 Å². The van der Waals surface area contributed by atoms with E-state index in [9.17, 15) is 4.79 Å². The average Bonchev–Trinajstić information content (AvgIpc) is 3.62. The third-order valence-electron chi connectivity index (χ3n) is 7.61. The molecule has 1 aliphatic heterocycles. The van der Waals surface area contributed by atoms with Crippen LogP contribution >= 0.6 is 0 Å². The molecule has 4 aromatic rings. The first-order valence-electron chi connectivity index (χ1n) is 12.7. The van der Waals surface area contributed by atoms with E-state index in [-0.39, 0.29) is 17.6 Å². The first kappa shape index (κ1) is 22.7. The SMILES string of the molecule is COc1ccc2cc([C@H](c3nnnn3C3CCCC3)N3CCN(c4ccccc4)CC3)c(=O)[nH]c2c1. The summed E-state index contributed by atoms with van der Waals surface area (Å²) in [5, 5.41) is 14.0. The molecule has 0 unspecified atom stereocenters. The molecule has 1 aliphatic carbocycles. The van der Waals surface area contributed by atoms with Crippen LogP contribution in [0.2, 0.25) is 0 Å². The molecule has 2 aliphatic rings. The molecule has 1 saturated carbocycles. The van der Waals surface area contributed by atoms with Gasteiger partial charge in [-0.25, -0.2) is 4.68 Å². The number of tetrazole rings is 1. The zero-order valence-electron chi connectivity index (χ0n) is 20.5. The molecule has 36 heavy (non-hydrogen) atoms. The number of aromatic nitrogens is 5. The fraction of sp³-hybridized carbons (Fsp3) is 0.407. The number of anilines is 1. The number of hydrogen-bond donors (Lipinski definition) is 1. The van der Waals surface area contributed by atoms with Gasteiger partial charge in [0.1, 0.15) is 11.8 Å². The smallest absolute Gasteiger partial charge is 0.253 e. The van der Waals surface area contributed by atoms with E-state index >= 15 is 0 Å². The topological polar surface area (TPSA) is 92.2 Å². The van der Waals surface area contributed by atoms with Crippen molar-refractivity contribution in [3.05, 3.63) is 76.3 Å². The van der Waals surface area contributed by atoms with Gasteiger partial charge in [-0.1, -0.05) is 31.0 Å². The molecular weight excluding hydrogens is 454 g/mol. The van der Waals surface area contributed by atoms with Crippen LogP contribution in [0.15, 0.2) is 59.4 Å². The molecule has 2 aromatic carbocycles. The lowest BCUT2D eigenvalue weighted by Crippen LogP contribution is -2.49. The summed E-state index contributed by atoms with van der Waals surface area (Å²) in [5.41, 5.74) is 2.54. The molecule has 0 spiro atoms. The molecule has 2 aromatic heterocycles. The summed E-state index contributed by atoms with van der Waals surface area (Å²) in [4.78, 5) is 21.4. The van der Waals surface area contributed by atoms with Gasteiger partial charge in [0.05, 0.1) is 18.7 Å². The molecule has 1 atom stereocenters. The van der Waals surface area contributed by atoms with Crippen molar-refractivity contribution in [3.63, 3.8) is 0 Å². The monoisotopic (exact) mass is 485 g/mol. The van der Waals surface area contributed by atoms with Crippen LogP contribution in [0, 0.1) is 0 Å². The quantitative estimate of drug-likeness (QED) is 0.447. The van der Waals surface area contributed by atoms with Crippen LogP contribution in [0.4, 0.5) is 5.69 Å². The summed E-state index contributed by atoms with van der Waals surface area (Å²) in [7, 11) is 1.63. The fourth-order valence-electron chi connectivity index (χ4n) is 5.69. The maximum absolute atomic E-state index is 13.5. The van der Waals surface area contributed by atoms with Crippen LogP contribution in [-0.4, -0.2) is 63.4 Å². The highest BCUT2D eigenvalue weighted by Gasteiger charge is 2.34. The van der Waals surface area contributed by atoms with Gasteiger partial charge in [-0.15, -0.1) is 5.10 Å². The maximum atomic E-state index is 13.5. The number of benzene rings is 2. The van der Waals surface area contributed by atoms with Gasteiger partial charge in [0, 0.05) is 43.5 Å². The lowest BCUT2D eigenvalue weighted by atomic mass is 10.0. The minimum atomic E-state index is -0.325. The number of hydrogen-bond acceptors (Lipinski definition) is 7. The normalized spacial score (nSPS) is 18.1. The Morgan fingerprint density at radius 3 is 2.53 bits per heavy atom. The van der Waals surface area contributed by atoms with Crippen LogP contribution in [0.1, 0.15) is 49.2 Å². The molecule has 186 valence electrons. The second kappa shape index (κ2) is 9.73. The summed E-state index contributed by atoms with van der Waals surface area (Å²) in [6, 6.07) is 18.2. The maximum Gasteiger partial charge on any atom is 0.253 e. The van der Waals surface area contributed by atoms with Gasteiger partial charge in [0.25, 0.3) is 5.56 Å². The van der Waals surface area contributed by atoms with Gasteiger partial charge >= 0.3 is 0 Å². The molecule has 1 N–H and O–H groups in total. The number of piperazine rings is 1. The van der Waals surface area contributed by atoms with Gasteiger partial charge < -0.3 is 14.6 Å². The van der Waals surface area contributed by atoms with E-state index in [4.69, 9.17) is 4.74 Å². The first-order chi connectivity index (χ1) is 17.7. The number of methoxy groups -OCH3 is 1. The predicted octanol–water partition coefficient (Wildman–Crippen LogP) is 3.55. The van der Waals surface area contributed by atoms with E-state index < -0.39 is 0 Å². The molecule has 2 fully saturated rings. The van der Waals surface area contributed by atoms with Crippen molar-refractivity contribution in [3.8, 4) is 5.75 Å². The van der Waals surface area contributed by atoms with Crippen molar-refractivity contribution in [1.82, 2.24) is 30.1 Å². The number of ether oxygens (including phenoxy) is 1. The third kappa shape index (κ3) is 4.24. The molecule has 6 rings (SSSR count). The third-order valence-corrected chi connectivity index (χ3v) is 7.61. The summed E-state index contributed by atoms with van der Waals surface area (Å²) >= 11 is 0. The van der Waals surface area contributed by atoms with E-state index in [0.717, 1.165) is 55.7 Å². The summed E-state index contributed by atoms with van der Waals surface area (Å²) < 4.78 is 7.33. The number of fused-ring (bicyclic) bond motifs is 1. The van der Waals surface area contributed by atoms with Crippen molar-refractivity contribution in [2.24, 2.45) is 0 Å². The van der Waals surface area contributed by atoms with E-state index in [1.165, 1.54) is 18.5 Å². The summed E-state index contributed by atoms with van der Waals surface area (Å²) in [6.45, 7) is 3.34. The molecule has 0 amide bonds. The predicted molar refractivity (Wildman–Crippen MR) is 139 cm³/mol. The van der Waals surface area contributed by atoms with Gasteiger partial charge in [-0.05, 0) is 59.0 Å². The zero-order chi connectivity index (χ0) is 24.5. The summed E-state index contributed by atoms with van der Waals surface area (Å²) in [6.07, 6.45) is 4.51. The minimum absolute atomic E-state index is 0.118. The molecule has 0 radical (unpaired) electrons. The Hall–Kier alpha value is -3.72. The van der Waals surface area contributed by atoms with E-state index in [1.54, 1.807) is 7.11 Å². The van der Waals surface area contributed by atoms with Crippen molar-refractivity contribution in [2.75, 3.05) is 38.2 Å². The zero-order valence-corrected chi connectivity index (χ0v) is 20.5. The number of H-pyrrole nitrogens is 1. The van der Waals surface area contributed by atoms with Crippen molar-refractivity contribution in [2.45, 2.75) is 37.8 Å². The lowest BCUT2D eigenvalue weighted by Gasteiger charge is -2.39. The Morgan fingerprint density at radius 1 is 1.00 bits per heavy atom. The Balaban J connectivity index is 1.39. The van der Waals surface area contributed by atoms with E-state index in [0.29, 0.717) is 11.3 Å². The van der Waals surface area contributed by atoms with Crippen molar-refractivity contribution >= 4 is 16.6 Å². The largest absolute Gasteiger partial charge is 0.497 e. The van der Waals surface area contributed by atoms with Crippen molar-refractivity contribution in [1.29, 1.82) is 0 Å².